The standard InChI is InChI=1S/C17H23N5O3/c1-3-14-18-9(2)15(25-14)17(24)19-11-6-10(7-11)16-21-20-13(8-23)22(16)12-4-5-12/h10-12,23H,3-8H2,1-2H3,(H,19,24). The van der Waals surface area contributed by atoms with Gasteiger partial charge in [-0.3, -0.25) is 4.79 Å². The molecule has 2 aromatic rings. The van der Waals surface area contributed by atoms with Crippen molar-refractivity contribution in [3.63, 3.8) is 0 Å². The van der Waals surface area contributed by atoms with Crippen molar-refractivity contribution in [1.82, 2.24) is 25.1 Å². The molecule has 0 bridgehead atoms. The van der Waals surface area contributed by atoms with Crippen LogP contribution in [-0.4, -0.2) is 36.8 Å². The Morgan fingerprint density at radius 2 is 2.12 bits per heavy atom. The number of aliphatic hydroxyl groups excluding tert-OH is 1. The number of amides is 1. The van der Waals surface area contributed by atoms with Crippen LogP contribution in [0.1, 0.15) is 78.4 Å². The maximum Gasteiger partial charge on any atom is 0.289 e. The van der Waals surface area contributed by atoms with Crippen molar-refractivity contribution in [1.29, 1.82) is 0 Å². The van der Waals surface area contributed by atoms with Crippen LogP contribution >= 0.6 is 0 Å². The molecule has 2 saturated carbocycles. The molecule has 0 unspecified atom stereocenters. The minimum absolute atomic E-state index is 0.0824. The summed E-state index contributed by atoms with van der Waals surface area (Å²) < 4.78 is 7.60. The van der Waals surface area contributed by atoms with Gasteiger partial charge in [-0.1, -0.05) is 6.92 Å². The van der Waals surface area contributed by atoms with Crippen LogP contribution in [0.4, 0.5) is 0 Å². The third-order valence-corrected chi connectivity index (χ3v) is 5.03. The summed E-state index contributed by atoms with van der Waals surface area (Å²) in [4.78, 5) is 16.6. The van der Waals surface area contributed by atoms with Crippen LogP contribution in [0, 0.1) is 6.92 Å². The van der Waals surface area contributed by atoms with Crippen molar-refractivity contribution in [2.75, 3.05) is 0 Å². The van der Waals surface area contributed by atoms with Crippen molar-refractivity contribution in [2.45, 2.75) is 70.6 Å². The van der Waals surface area contributed by atoms with E-state index < -0.39 is 0 Å². The van der Waals surface area contributed by atoms with E-state index in [-0.39, 0.29) is 24.5 Å². The van der Waals surface area contributed by atoms with Crippen molar-refractivity contribution >= 4 is 5.91 Å². The van der Waals surface area contributed by atoms with Gasteiger partial charge in [0.2, 0.25) is 5.76 Å². The number of aliphatic hydroxyl groups is 1. The Bertz CT molecular complexity index is 786. The minimum atomic E-state index is -0.201. The largest absolute Gasteiger partial charge is 0.435 e. The molecule has 0 aromatic carbocycles. The van der Waals surface area contributed by atoms with E-state index in [1.54, 1.807) is 6.92 Å². The van der Waals surface area contributed by atoms with Crippen LogP contribution in [0.25, 0.3) is 0 Å². The summed E-state index contributed by atoms with van der Waals surface area (Å²) in [5.74, 6) is 2.57. The van der Waals surface area contributed by atoms with Gasteiger partial charge in [0.25, 0.3) is 5.91 Å². The number of hydrogen-bond acceptors (Lipinski definition) is 6. The fourth-order valence-electron chi connectivity index (χ4n) is 3.47. The van der Waals surface area contributed by atoms with E-state index in [2.05, 4.69) is 25.1 Å². The normalized spacial score (nSPS) is 22.7. The molecule has 0 atom stereocenters. The molecule has 0 aliphatic heterocycles. The molecular formula is C17H23N5O3. The summed E-state index contributed by atoms with van der Waals surface area (Å²) in [6.07, 6.45) is 4.57. The highest BCUT2D eigenvalue weighted by Crippen LogP contribution is 2.42. The molecule has 2 aliphatic carbocycles. The van der Waals surface area contributed by atoms with Crippen molar-refractivity contribution in [2.24, 2.45) is 0 Å². The molecule has 2 aliphatic rings. The molecule has 25 heavy (non-hydrogen) atoms. The minimum Gasteiger partial charge on any atom is -0.435 e. The number of nitrogens with one attached hydrogen (secondary N) is 1. The number of rotatable bonds is 6. The number of hydrogen-bond donors (Lipinski definition) is 2. The SMILES string of the molecule is CCc1nc(C)c(C(=O)NC2CC(c3nnc(CO)n3C3CC3)C2)o1. The van der Waals surface area contributed by atoms with E-state index in [4.69, 9.17) is 4.42 Å². The Morgan fingerprint density at radius 3 is 2.72 bits per heavy atom. The second-order valence-corrected chi connectivity index (χ2v) is 6.95. The average molecular weight is 345 g/mol. The monoisotopic (exact) mass is 345 g/mol. The van der Waals surface area contributed by atoms with Crippen LogP contribution in [0.15, 0.2) is 4.42 Å². The lowest BCUT2D eigenvalue weighted by molar-refractivity contribution is 0.0875. The molecule has 4 rings (SSSR count). The first-order chi connectivity index (χ1) is 12.1. The Labute approximate surface area is 145 Å². The number of carbonyl (C=O) groups excluding carboxylic acids is 1. The molecule has 2 aromatic heterocycles. The molecule has 134 valence electrons. The number of aromatic nitrogens is 4. The van der Waals surface area contributed by atoms with Crippen LogP contribution in [-0.2, 0) is 13.0 Å². The Morgan fingerprint density at radius 1 is 1.36 bits per heavy atom. The third-order valence-electron chi connectivity index (χ3n) is 5.03. The fraction of sp³-hybridized carbons (Fsp3) is 0.647. The molecular weight excluding hydrogens is 322 g/mol. The van der Waals surface area contributed by atoms with Gasteiger partial charge in [-0.25, -0.2) is 4.98 Å². The second-order valence-electron chi connectivity index (χ2n) is 6.95. The van der Waals surface area contributed by atoms with Gasteiger partial charge in [0.15, 0.2) is 11.7 Å². The van der Waals surface area contributed by atoms with Gasteiger partial charge in [0.05, 0.1) is 5.69 Å². The second kappa shape index (κ2) is 6.25. The van der Waals surface area contributed by atoms with Gasteiger partial charge in [0.1, 0.15) is 12.4 Å². The predicted octanol–water partition coefficient (Wildman–Crippen LogP) is 1.64. The van der Waals surface area contributed by atoms with Gasteiger partial charge >= 0.3 is 0 Å². The highest BCUT2D eigenvalue weighted by atomic mass is 16.4. The van der Waals surface area contributed by atoms with Crippen molar-refractivity contribution in [3.05, 3.63) is 29.0 Å². The first-order valence-corrected chi connectivity index (χ1v) is 8.92. The van der Waals surface area contributed by atoms with Gasteiger partial charge in [-0.15, -0.1) is 10.2 Å². The smallest absolute Gasteiger partial charge is 0.289 e. The molecule has 0 saturated heterocycles. The molecule has 0 radical (unpaired) electrons. The van der Waals surface area contributed by atoms with Crippen molar-refractivity contribution < 1.29 is 14.3 Å². The van der Waals surface area contributed by atoms with E-state index in [0.717, 1.165) is 31.5 Å². The number of oxazole rings is 1. The summed E-state index contributed by atoms with van der Waals surface area (Å²) in [6.45, 7) is 3.65. The molecule has 8 nitrogen and oxygen atoms in total. The maximum absolute atomic E-state index is 12.4. The van der Waals surface area contributed by atoms with Crippen LogP contribution in [0.3, 0.4) is 0 Å². The summed E-state index contributed by atoms with van der Waals surface area (Å²) in [5.41, 5.74) is 0.631. The summed E-state index contributed by atoms with van der Waals surface area (Å²) in [7, 11) is 0. The van der Waals surface area contributed by atoms with Gasteiger partial charge in [-0.2, -0.15) is 0 Å². The lowest BCUT2D eigenvalue weighted by atomic mass is 9.79. The zero-order valence-corrected chi connectivity index (χ0v) is 14.5. The highest BCUT2D eigenvalue weighted by Gasteiger charge is 2.39. The number of aryl methyl sites for hydroxylation is 2. The highest BCUT2D eigenvalue weighted by molar-refractivity contribution is 5.92. The fourth-order valence-corrected chi connectivity index (χ4v) is 3.47. The summed E-state index contributed by atoms with van der Waals surface area (Å²) in [6, 6.07) is 0.541. The maximum atomic E-state index is 12.4. The van der Waals surface area contributed by atoms with Gasteiger partial charge in [-0.05, 0) is 32.6 Å². The summed E-state index contributed by atoms with van der Waals surface area (Å²) in [5, 5.41) is 20.8. The summed E-state index contributed by atoms with van der Waals surface area (Å²) >= 11 is 0. The lowest BCUT2D eigenvalue weighted by Crippen LogP contribution is -2.44. The first-order valence-electron chi connectivity index (χ1n) is 8.92. The van der Waals surface area contributed by atoms with E-state index in [9.17, 15) is 9.90 Å². The van der Waals surface area contributed by atoms with E-state index in [0.29, 0.717) is 35.6 Å². The predicted molar refractivity (Wildman–Crippen MR) is 88.1 cm³/mol. The van der Waals surface area contributed by atoms with E-state index in [1.165, 1.54) is 0 Å². The van der Waals surface area contributed by atoms with Crippen LogP contribution in [0.5, 0.6) is 0 Å². The van der Waals surface area contributed by atoms with Crippen molar-refractivity contribution in [3.8, 4) is 0 Å². The quantitative estimate of drug-likeness (QED) is 0.824. The van der Waals surface area contributed by atoms with Crippen LogP contribution < -0.4 is 5.32 Å². The molecule has 0 spiro atoms. The van der Waals surface area contributed by atoms with E-state index in [1.807, 2.05) is 6.92 Å². The topological polar surface area (TPSA) is 106 Å². The van der Waals surface area contributed by atoms with Crippen LogP contribution in [0.2, 0.25) is 0 Å². The molecule has 1 amide bonds. The molecule has 2 N–H and O–H groups in total. The zero-order chi connectivity index (χ0) is 17.6. The van der Waals surface area contributed by atoms with Gasteiger partial charge in [0, 0.05) is 24.4 Å². The Balaban J connectivity index is 1.38. The Kier molecular flexibility index (Phi) is 4.07. The van der Waals surface area contributed by atoms with Gasteiger partial charge < -0.3 is 19.4 Å². The molecule has 2 fully saturated rings. The number of carbonyl (C=O) groups is 1. The number of nitrogens with zero attached hydrogens (tertiary/aromatic N) is 4. The third kappa shape index (κ3) is 2.95. The molecule has 2 heterocycles. The zero-order valence-electron chi connectivity index (χ0n) is 14.5. The van der Waals surface area contributed by atoms with E-state index >= 15 is 0 Å². The average Bonchev–Trinajstić information content (AvgIpc) is 3.20. The Hall–Kier alpha value is -2.22. The lowest BCUT2D eigenvalue weighted by Gasteiger charge is -2.35. The first kappa shape index (κ1) is 16.3. The molecule has 8 heteroatoms.